The van der Waals surface area contributed by atoms with E-state index in [0.717, 1.165) is 11.3 Å². The molecule has 0 saturated carbocycles. The number of carbonyl (C=O) groups excluding carboxylic acids is 1. The Morgan fingerprint density at radius 1 is 1.42 bits per heavy atom. The van der Waals surface area contributed by atoms with Gasteiger partial charge in [-0.1, -0.05) is 23.4 Å². The number of aromatic nitrogens is 4. The predicted molar refractivity (Wildman–Crippen MR) is 102 cm³/mol. The predicted octanol–water partition coefficient (Wildman–Crippen LogP) is 3.43. The normalized spacial score (nSPS) is 11.2. The second kappa shape index (κ2) is 8.52. The molecule has 9 heteroatoms. The van der Waals surface area contributed by atoms with Gasteiger partial charge in [0.1, 0.15) is 0 Å². The number of nitriles is 1. The van der Waals surface area contributed by atoms with Crippen molar-refractivity contribution in [3.8, 4) is 6.07 Å². The molecule has 0 radical (unpaired) electrons. The van der Waals surface area contributed by atoms with Crippen molar-refractivity contribution in [2.24, 2.45) is 0 Å². The molecule has 1 aromatic carbocycles. The third-order valence-corrected chi connectivity index (χ3v) is 4.93. The number of carbonyl (C=O) groups is 1. The molecule has 0 bridgehead atoms. The van der Waals surface area contributed by atoms with E-state index in [1.54, 1.807) is 21.7 Å². The Bertz CT molecular complexity index is 823. The fraction of sp³-hybridized carbons (Fsp3) is 0.471. The lowest BCUT2D eigenvalue weighted by Crippen LogP contribution is -2.33. The van der Waals surface area contributed by atoms with Gasteiger partial charge in [0.25, 0.3) is 0 Å². The van der Waals surface area contributed by atoms with Crippen LogP contribution in [0.5, 0.6) is 0 Å². The number of hydrogen-bond donors (Lipinski definition) is 0. The quantitative estimate of drug-likeness (QED) is 0.700. The van der Waals surface area contributed by atoms with Gasteiger partial charge >= 0.3 is 0 Å². The van der Waals surface area contributed by atoms with Crippen LogP contribution in [-0.2, 0) is 10.3 Å². The molecule has 2 aromatic rings. The number of aryl methyl sites for hydroxylation is 1. The topological polar surface area (TPSA) is 87.7 Å². The first-order valence-corrected chi connectivity index (χ1v) is 9.45. The molecule has 0 aliphatic heterocycles. The van der Waals surface area contributed by atoms with Crippen LogP contribution in [0.2, 0.25) is 5.02 Å². The summed E-state index contributed by atoms with van der Waals surface area (Å²) < 4.78 is 1.69. The molecule has 0 spiro atoms. The zero-order valence-corrected chi connectivity index (χ0v) is 16.8. The molecule has 0 aliphatic carbocycles. The van der Waals surface area contributed by atoms with Crippen LogP contribution in [-0.4, -0.2) is 38.4 Å². The molecular formula is C17H21ClN6OS. The number of thioether (sulfide) groups is 1. The summed E-state index contributed by atoms with van der Waals surface area (Å²) in [6, 6.07) is 7.48. The van der Waals surface area contributed by atoms with Gasteiger partial charge in [0.2, 0.25) is 11.1 Å². The van der Waals surface area contributed by atoms with Crippen molar-refractivity contribution in [3.63, 3.8) is 0 Å². The first-order valence-electron chi connectivity index (χ1n) is 8.09. The van der Waals surface area contributed by atoms with Crippen LogP contribution < -0.4 is 4.90 Å². The summed E-state index contributed by atoms with van der Waals surface area (Å²) in [5.74, 6) is 0.0549. The van der Waals surface area contributed by atoms with Gasteiger partial charge in [-0.15, -0.1) is 5.10 Å². The minimum absolute atomic E-state index is 0.115. The summed E-state index contributed by atoms with van der Waals surface area (Å²) in [7, 11) is 0. The van der Waals surface area contributed by atoms with Crippen molar-refractivity contribution in [1.29, 1.82) is 5.26 Å². The fourth-order valence-electron chi connectivity index (χ4n) is 2.25. The average molecular weight is 393 g/mol. The highest BCUT2D eigenvalue weighted by Gasteiger charge is 2.22. The van der Waals surface area contributed by atoms with Gasteiger partial charge in [0.05, 0.1) is 23.8 Å². The number of anilines is 1. The Labute approximate surface area is 162 Å². The van der Waals surface area contributed by atoms with Crippen LogP contribution in [0.25, 0.3) is 0 Å². The van der Waals surface area contributed by atoms with Crippen molar-refractivity contribution in [2.45, 2.75) is 44.8 Å². The average Bonchev–Trinajstić information content (AvgIpc) is 3.05. The largest absolute Gasteiger partial charge is 0.311 e. The Hall–Kier alpha value is -2.11. The fourth-order valence-corrected chi connectivity index (χ4v) is 3.30. The second-order valence-corrected chi connectivity index (χ2v) is 8.07. The van der Waals surface area contributed by atoms with E-state index >= 15 is 0 Å². The number of tetrazole rings is 1. The van der Waals surface area contributed by atoms with Gasteiger partial charge in [0.15, 0.2) is 0 Å². The van der Waals surface area contributed by atoms with Crippen LogP contribution in [0.3, 0.4) is 0 Å². The Morgan fingerprint density at radius 3 is 2.77 bits per heavy atom. The van der Waals surface area contributed by atoms with Crippen molar-refractivity contribution >= 4 is 35.0 Å². The van der Waals surface area contributed by atoms with Crippen LogP contribution >= 0.6 is 23.4 Å². The first-order chi connectivity index (χ1) is 12.2. The molecule has 0 fully saturated rings. The van der Waals surface area contributed by atoms with E-state index in [9.17, 15) is 4.79 Å². The Kier molecular flexibility index (Phi) is 6.62. The van der Waals surface area contributed by atoms with Gasteiger partial charge in [-0.05, 0) is 61.9 Å². The maximum absolute atomic E-state index is 12.8. The summed E-state index contributed by atoms with van der Waals surface area (Å²) >= 11 is 7.35. The first kappa shape index (κ1) is 20.2. The molecule has 0 unspecified atom stereocenters. The molecule has 0 saturated heterocycles. The number of amides is 1. The van der Waals surface area contributed by atoms with Crippen LogP contribution in [0.4, 0.5) is 5.69 Å². The maximum Gasteiger partial charge on any atom is 0.237 e. The number of halogens is 1. The zero-order chi connectivity index (χ0) is 19.3. The maximum atomic E-state index is 12.8. The minimum atomic E-state index is -0.275. The number of hydrogen-bond acceptors (Lipinski definition) is 6. The summed E-state index contributed by atoms with van der Waals surface area (Å²) in [5, 5.41) is 21.8. The molecular weight excluding hydrogens is 372 g/mol. The highest BCUT2D eigenvalue weighted by molar-refractivity contribution is 7.99. The van der Waals surface area contributed by atoms with Gasteiger partial charge in [-0.3, -0.25) is 4.79 Å². The molecule has 0 N–H and O–H groups in total. The molecule has 0 aliphatic rings. The molecule has 1 amide bonds. The minimum Gasteiger partial charge on any atom is -0.311 e. The van der Waals surface area contributed by atoms with Crippen LogP contribution in [0.15, 0.2) is 23.4 Å². The van der Waals surface area contributed by atoms with Gasteiger partial charge in [0, 0.05) is 17.3 Å². The van der Waals surface area contributed by atoms with Crippen molar-refractivity contribution in [2.75, 3.05) is 17.2 Å². The summed E-state index contributed by atoms with van der Waals surface area (Å²) in [6.45, 7) is 8.17. The number of nitrogens with zero attached hydrogens (tertiary/aromatic N) is 6. The molecule has 138 valence electrons. The van der Waals surface area contributed by atoms with Crippen LogP contribution in [0, 0.1) is 18.3 Å². The summed E-state index contributed by atoms with van der Waals surface area (Å²) in [4.78, 5) is 14.4. The van der Waals surface area contributed by atoms with E-state index in [4.69, 9.17) is 16.9 Å². The van der Waals surface area contributed by atoms with E-state index < -0.39 is 0 Å². The van der Waals surface area contributed by atoms with Crippen molar-refractivity contribution in [1.82, 2.24) is 20.2 Å². The third kappa shape index (κ3) is 4.96. The molecule has 7 nitrogen and oxygen atoms in total. The molecule has 2 rings (SSSR count). The van der Waals surface area contributed by atoms with E-state index in [0.29, 0.717) is 16.7 Å². The molecule has 1 aromatic heterocycles. The van der Waals surface area contributed by atoms with Gasteiger partial charge < -0.3 is 4.90 Å². The zero-order valence-electron chi connectivity index (χ0n) is 15.2. The summed E-state index contributed by atoms with van der Waals surface area (Å²) in [6.07, 6.45) is 0.248. The van der Waals surface area contributed by atoms with Crippen molar-refractivity contribution < 1.29 is 4.79 Å². The molecule has 0 atom stereocenters. The summed E-state index contributed by atoms with van der Waals surface area (Å²) in [5.41, 5.74) is 1.33. The standard InChI is InChI=1S/C17H21ClN6OS/c1-12-10-13(6-7-14(12)18)23(9-5-8-19)15(25)11-26-16-20-21-22-24(16)17(2,3)4/h6-7,10H,5,9,11H2,1-4H3. The Morgan fingerprint density at radius 2 is 2.15 bits per heavy atom. The monoisotopic (exact) mass is 392 g/mol. The lowest BCUT2D eigenvalue weighted by atomic mass is 10.1. The highest BCUT2D eigenvalue weighted by atomic mass is 35.5. The molecule has 26 heavy (non-hydrogen) atoms. The lowest BCUT2D eigenvalue weighted by molar-refractivity contribution is -0.116. The highest BCUT2D eigenvalue weighted by Crippen LogP contribution is 2.25. The van der Waals surface area contributed by atoms with Crippen LogP contribution in [0.1, 0.15) is 32.8 Å². The van der Waals surface area contributed by atoms with Gasteiger partial charge in [-0.2, -0.15) is 5.26 Å². The van der Waals surface area contributed by atoms with E-state index in [-0.39, 0.29) is 23.6 Å². The Balaban J connectivity index is 2.16. The van der Waals surface area contributed by atoms with E-state index in [2.05, 4.69) is 21.6 Å². The smallest absolute Gasteiger partial charge is 0.237 e. The van der Waals surface area contributed by atoms with Crippen molar-refractivity contribution in [3.05, 3.63) is 28.8 Å². The lowest BCUT2D eigenvalue weighted by Gasteiger charge is -2.23. The number of benzene rings is 1. The molecule has 1 heterocycles. The van der Waals surface area contributed by atoms with E-state index in [1.165, 1.54) is 11.8 Å². The second-order valence-electron chi connectivity index (χ2n) is 6.72. The van der Waals surface area contributed by atoms with Gasteiger partial charge in [-0.25, -0.2) is 4.68 Å². The third-order valence-electron chi connectivity index (χ3n) is 3.60. The van der Waals surface area contributed by atoms with E-state index in [1.807, 2.05) is 33.8 Å². The SMILES string of the molecule is Cc1cc(N(CCC#N)C(=O)CSc2nnnn2C(C)(C)C)ccc1Cl. The number of rotatable bonds is 6.